The second kappa shape index (κ2) is 7.53. The molecule has 0 aliphatic carbocycles. The highest BCUT2D eigenvalue weighted by Gasteiger charge is 1.97. The Labute approximate surface area is 113 Å². The number of hydrogen-bond donors (Lipinski definition) is 2. The van der Waals surface area contributed by atoms with Crippen LogP contribution in [0.3, 0.4) is 0 Å². The molecule has 2 N–H and O–H groups in total. The van der Waals surface area contributed by atoms with Crippen molar-refractivity contribution in [3.63, 3.8) is 0 Å². The third kappa shape index (κ3) is 4.71. The smallest absolute Gasteiger partial charge is 0.138 e. The van der Waals surface area contributed by atoms with Gasteiger partial charge in [0, 0.05) is 6.54 Å². The van der Waals surface area contributed by atoms with E-state index in [1.54, 1.807) is 0 Å². The van der Waals surface area contributed by atoms with Crippen LogP contribution in [0.4, 0.5) is 0 Å². The minimum atomic E-state index is 0.689. The average Bonchev–Trinajstić information content (AvgIpc) is 2.94. The summed E-state index contributed by atoms with van der Waals surface area (Å²) in [5.41, 5.74) is 1.22. The lowest BCUT2D eigenvalue weighted by atomic mass is 10.2. The molecule has 0 amide bonds. The van der Waals surface area contributed by atoms with Crippen LogP contribution < -0.4 is 10.1 Å². The highest BCUT2D eigenvalue weighted by molar-refractivity contribution is 5.27. The number of nitrogens with one attached hydrogen (secondary N) is 2. The lowest BCUT2D eigenvalue weighted by molar-refractivity contribution is 0.309. The quantitative estimate of drug-likeness (QED) is 0.715. The molecule has 0 atom stereocenters. The van der Waals surface area contributed by atoms with E-state index in [0.717, 1.165) is 37.6 Å². The molecule has 0 aliphatic rings. The first-order valence-corrected chi connectivity index (χ1v) is 6.65. The van der Waals surface area contributed by atoms with Gasteiger partial charge in [0.1, 0.15) is 17.9 Å². The number of nitrogens with zero attached hydrogens (tertiary/aromatic N) is 2. The van der Waals surface area contributed by atoms with Gasteiger partial charge in [-0.25, -0.2) is 4.98 Å². The first-order chi connectivity index (χ1) is 9.38. The van der Waals surface area contributed by atoms with Gasteiger partial charge in [0.05, 0.1) is 13.2 Å². The normalized spacial score (nSPS) is 10.6. The van der Waals surface area contributed by atoms with Gasteiger partial charge in [-0.3, -0.25) is 5.10 Å². The number of aromatic amines is 1. The highest BCUT2D eigenvalue weighted by Crippen LogP contribution is 2.12. The fourth-order valence-corrected chi connectivity index (χ4v) is 1.68. The van der Waals surface area contributed by atoms with Crippen LogP contribution in [0.25, 0.3) is 0 Å². The van der Waals surface area contributed by atoms with Crippen molar-refractivity contribution < 1.29 is 4.74 Å². The Morgan fingerprint density at radius 2 is 2.05 bits per heavy atom. The summed E-state index contributed by atoms with van der Waals surface area (Å²) in [6.45, 7) is 4.44. The summed E-state index contributed by atoms with van der Waals surface area (Å²) in [7, 11) is 0. The van der Waals surface area contributed by atoms with Gasteiger partial charge in [-0.2, -0.15) is 5.10 Å². The molecule has 1 heterocycles. The summed E-state index contributed by atoms with van der Waals surface area (Å²) in [6.07, 6.45) is 3.77. The average molecular weight is 260 g/mol. The van der Waals surface area contributed by atoms with Crippen LogP contribution in [0, 0.1) is 0 Å². The summed E-state index contributed by atoms with van der Waals surface area (Å²) in [5.74, 6) is 1.78. The van der Waals surface area contributed by atoms with Crippen molar-refractivity contribution in [1.82, 2.24) is 20.5 Å². The van der Waals surface area contributed by atoms with Gasteiger partial charge >= 0.3 is 0 Å². The molecule has 1 aromatic carbocycles. The first-order valence-electron chi connectivity index (χ1n) is 6.65. The largest absolute Gasteiger partial charge is 0.494 e. The Kier molecular flexibility index (Phi) is 5.37. The number of benzene rings is 1. The van der Waals surface area contributed by atoms with E-state index in [4.69, 9.17) is 4.74 Å². The Balaban J connectivity index is 1.72. The van der Waals surface area contributed by atoms with Crippen LogP contribution in [-0.2, 0) is 13.1 Å². The molecule has 0 bridgehead atoms. The van der Waals surface area contributed by atoms with Crippen molar-refractivity contribution in [3.8, 4) is 5.75 Å². The van der Waals surface area contributed by atoms with Gasteiger partial charge in [0.15, 0.2) is 0 Å². The van der Waals surface area contributed by atoms with Gasteiger partial charge in [0.25, 0.3) is 0 Å². The molecule has 5 nitrogen and oxygen atoms in total. The molecule has 1 aromatic heterocycles. The maximum atomic E-state index is 5.62. The molecule has 0 saturated heterocycles. The van der Waals surface area contributed by atoms with E-state index >= 15 is 0 Å². The van der Waals surface area contributed by atoms with Crippen LogP contribution in [0.1, 0.15) is 31.2 Å². The van der Waals surface area contributed by atoms with Crippen molar-refractivity contribution >= 4 is 0 Å². The fourth-order valence-electron chi connectivity index (χ4n) is 1.68. The van der Waals surface area contributed by atoms with Crippen LogP contribution in [-0.4, -0.2) is 21.8 Å². The van der Waals surface area contributed by atoms with Crippen LogP contribution in [0.5, 0.6) is 5.75 Å². The van der Waals surface area contributed by atoms with Crippen LogP contribution in [0.15, 0.2) is 30.6 Å². The maximum Gasteiger partial charge on any atom is 0.138 e. The standard InChI is InChI=1S/C14H20N4O/c1-2-3-8-19-13-6-4-12(5-7-13)9-15-10-14-16-11-17-18-14/h4-7,11,15H,2-3,8-10H2,1H3,(H,16,17,18). The van der Waals surface area contributed by atoms with Crippen molar-refractivity contribution in [2.45, 2.75) is 32.9 Å². The summed E-state index contributed by atoms with van der Waals surface area (Å²) < 4.78 is 5.62. The fraction of sp³-hybridized carbons (Fsp3) is 0.429. The van der Waals surface area contributed by atoms with Crippen LogP contribution in [0.2, 0.25) is 0 Å². The minimum Gasteiger partial charge on any atom is -0.494 e. The van der Waals surface area contributed by atoms with Crippen molar-refractivity contribution in [2.75, 3.05) is 6.61 Å². The van der Waals surface area contributed by atoms with E-state index in [-0.39, 0.29) is 0 Å². The van der Waals surface area contributed by atoms with E-state index in [2.05, 4.69) is 39.6 Å². The summed E-state index contributed by atoms with van der Waals surface area (Å²) in [6, 6.07) is 8.19. The number of rotatable bonds is 8. The molecule has 0 saturated carbocycles. The number of hydrogen-bond acceptors (Lipinski definition) is 4. The minimum absolute atomic E-state index is 0.689. The van der Waals surface area contributed by atoms with Gasteiger partial charge in [0.2, 0.25) is 0 Å². The van der Waals surface area contributed by atoms with Crippen LogP contribution >= 0.6 is 0 Å². The second-order valence-corrected chi connectivity index (χ2v) is 4.38. The molecule has 0 unspecified atom stereocenters. The Morgan fingerprint density at radius 1 is 1.21 bits per heavy atom. The number of ether oxygens (including phenoxy) is 1. The molecule has 5 heteroatoms. The molecule has 102 valence electrons. The summed E-state index contributed by atoms with van der Waals surface area (Å²) >= 11 is 0. The van der Waals surface area contributed by atoms with Crippen molar-refractivity contribution in [3.05, 3.63) is 42.0 Å². The lowest BCUT2D eigenvalue weighted by Crippen LogP contribution is -2.13. The van der Waals surface area contributed by atoms with Gasteiger partial charge in [-0.15, -0.1) is 0 Å². The van der Waals surface area contributed by atoms with Gasteiger partial charge < -0.3 is 10.1 Å². The zero-order valence-electron chi connectivity index (χ0n) is 11.2. The molecule has 19 heavy (non-hydrogen) atoms. The number of aromatic nitrogens is 3. The molecule has 0 radical (unpaired) electrons. The lowest BCUT2D eigenvalue weighted by Gasteiger charge is -2.07. The summed E-state index contributed by atoms with van der Waals surface area (Å²) in [5, 5.41) is 9.92. The zero-order chi connectivity index (χ0) is 13.3. The van der Waals surface area contributed by atoms with Gasteiger partial charge in [-0.1, -0.05) is 25.5 Å². The predicted molar refractivity (Wildman–Crippen MR) is 73.8 cm³/mol. The molecule has 2 rings (SSSR count). The molecule has 0 fully saturated rings. The molecule has 0 spiro atoms. The van der Waals surface area contributed by atoms with Crippen molar-refractivity contribution in [2.24, 2.45) is 0 Å². The number of unbranched alkanes of at least 4 members (excludes halogenated alkanes) is 1. The second-order valence-electron chi connectivity index (χ2n) is 4.38. The molecule has 0 aliphatic heterocycles. The third-order valence-corrected chi connectivity index (χ3v) is 2.78. The van der Waals surface area contributed by atoms with Gasteiger partial charge in [-0.05, 0) is 24.1 Å². The monoisotopic (exact) mass is 260 g/mol. The van der Waals surface area contributed by atoms with Crippen molar-refractivity contribution in [1.29, 1.82) is 0 Å². The Bertz CT molecular complexity index is 453. The molecule has 2 aromatic rings. The predicted octanol–water partition coefficient (Wildman–Crippen LogP) is 2.27. The maximum absolute atomic E-state index is 5.62. The van der Waals surface area contributed by atoms with E-state index in [1.807, 2.05) is 12.1 Å². The zero-order valence-corrected chi connectivity index (χ0v) is 11.2. The Morgan fingerprint density at radius 3 is 2.74 bits per heavy atom. The van der Waals surface area contributed by atoms with E-state index in [1.165, 1.54) is 11.9 Å². The van der Waals surface area contributed by atoms with E-state index in [0.29, 0.717) is 6.54 Å². The molecular formula is C14H20N4O. The topological polar surface area (TPSA) is 62.8 Å². The third-order valence-electron chi connectivity index (χ3n) is 2.78. The SMILES string of the molecule is CCCCOc1ccc(CNCc2ncn[nH]2)cc1. The first kappa shape index (κ1) is 13.5. The highest BCUT2D eigenvalue weighted by atomic mass is 16.5. The molecular weight excluding hydrogens is 240 g/mol. The number of H-pyrrole nitrogens is 1. The Hall–Kier alpha value is -1.88. The van der Waals surface area contributed by atoms with E-state index < -0.39 is 0 Å². The van der Waals surface area contributed by atoms with E-state index in [9.17, 15) is 0 Å². The summed E-state index contributed by atoms with van der Waals surface area (Å²) in [4.78, 5) is 4.05.